The number of aromatic carboxylic acids is 1. The molecule has 2 aromatic rings. The van der Waals surface area contributed by atoms with Gasteiger partial charge in [0.25, 0.3) is 0 Å². The number of benzene rings is 2. The van der Waals surface area contributed by atoms with Crippen molar-refractivity contribution in [2.75, 3.05) is 4.90 Å². The van der Waals surface area contributed by atoms with E-state index in [1.807, 2.05) is 18.2 Å². The van der Waals surface area contributed by atoms with Crippen LogP contribution < -0.4 is 4.90 Å². The molecule has 0 fully saturated rings. The number of anilines is 1. The van der Waals surface area contributed by atoms with E-state index in [9.17, 15) is 9.18 Å². The standard InChI is InChI=1S/C17H16FNO2/c1-11-8-12-4-2-3-5-16(12)19(11)10-14-7-6-13(17(20)21)9-15(14)18/h2-7,9,11H,8,10H2,1H3,(H,20,21). The molecule has 1 N–H and O–H groups in total. The third-order valence-corrected chi connectivity index (χ3v) is 3.99. The van der Waals surface area contributed by atoms with E-state index in [1.165, 1.54) is 11.6 Å². The average Bonchev–Trinajstić information content (AvgIpc) is 2.77. The number of para-hydroxylation sites is 1. The molecule has 0 saturated heterocycles. The lowest BCUT2D eigenvalue weighted by Crippen LogP contribution is -2.29. The fourth-order valence-corrected chi connectivity index (χ4v) is 2.86. The highest BCUT2D eigenvalue weighted by atomic mass is 19.1. The van der Waals surface area contributed by atoms with E-state index in [0.29, 0.717) is 18.2 Å². The molecule has 1 heterocycles. The summed E-state index contributed by atoms with van der Waals surface area (Å²) in [7, 11) is 0. The highest BCUT2D eigenvalue weighted by Crippen LogP contribution is 2.33. The first-order valence-electron chi connectivity index (χ1n) is 6.92. The molecule has 1 unspecified atom stereocenters. The maximum Gasteiger partial charge on any atom is 0.335 e. The number of carboxylic acid groups (broad SMARTS) is 1. The van der Waals surface area contributed by atoms with Crippen LogP contribution in [-0.4, -0.2) is 17.1 Å². The summed E-state index contributed by atoms with van der Waals surface area (Å²) in [5, 5.41) is 8.88. The van der Waals surface area contributed by atoms with Crippen molar-refractivity contribution in [1.82, 2.24) is 0 Å². The monoisotopic (exact) mass is 285 g/mol. The van der Waals surface area contributed by atoms with E-state index in [-0.39, 0.29) is 5.56 Å². The van der Waals surface area contributed by atoms with Gasteiger partial charge in [-0.15, -0.1) is 0 Å². The Morgan fingerprint density at radius 3 is 2.81 bits per heavy atom. The Kier molecular flexibility index (Phi) is 3.37. The molecule has 108 valence electrons. The van der Waals surface area contributed by atoms with E-state index >= 15 is 0 Å². The van der Waals surface area contributed by atoms with Crippen molar-refractivity contribution in [2.45, 2.75) is 25.9 Å². The zero-order valence-corrected chi connectivity index (χ0v) is 11.7. The van der Waals surface area contributed by atoms with Gasteiger partial charge in [-0.05, 0) is 37.1 Å². The van der Waals surface area contributed by atoms with Gasteiger partial charge in [0.2, 0.25) is 0 Å². The lowest BCUT2D eigenvalue weighted by Gasteiger charge is -2.25. The van der Waals surface area contributed by atoms with Crippen molar-refractivity contribution in [2.24, 2.45) is 0 Å². The number of fused-ring (bicyclic) bond motifs is 1. The van der Waals surface area contributed by atoms with E-state index < -0.39 is 11.8 Å². The third kappa shape index (κ3) is 2.49. The predicted molar refractivity (Wildman–Crippen MR) is 79.2 cm³/mol. The smallest absolute Gasteiger partial charge is 0.335 e. The van der Waals surface area contributed by atoms with Crippen molar-refractivity contribution in [3.63, 3.8) is 0 Å². The number of carboxylic acids is 1. The molecular formula is C17H16FNO2. The van der Waals surface area contributed by atoms with Crippen molar-refractivity contribution >= 4 is 11.7 Å². The van der Waals surface area contributed by atoms with E-state index in [4.69, 9.17) is 5.11 Å². The summed E-state index contributed by atoms with van der Waals surface area (Å²) in [6.45, 7) is 2.56. The maximum absolute atomic E-state index is 14.1. The van der Waals surface area contributed by atoms with Gasteiger partial charge in [-0.2, -0.15) is 0 Å². The molecule has 2 aromatic carbocycles. The van der Waals surface area contributed by atoms with Crippen LogP contribution >= 0.6 is 0 Å². The highest BCUT2D eigenvalue weighted by molar-refractivity contribution is 5.87. The number of rotatable bonds is 3. The second-order valence-electron chi connectivity index (χ2n) is 5.42. The molecule has 0 aromatic heterocycles. The van der Waals surface area contributed by atoms with Crippen LogP contribution in [0.25, 0.3) is 0 Å². The van der Waals surface area contributed by atoms with Crippen LogP contribution in [0.3, 0.4) is 0 Å². The summed E-state index contributed by atoms with van der Waals surface area (Å²) >= 11 is 0. The second-order valence-corrected chi connectivity index (χ2v) is 5.42. The molecule has 3 rings (SSSR count). The minimum absolute atomic E-state index is 0.0221. The second kappa shape index (κ2) is 5.20. The number of hydrogen-bond acceptors (Lipinski definition) is 2. The van der Waals surface area contributed by atoms with Crippen LogP contribution in [0.5, 0.6) is 0 Å². The Morgan fingerprint density at radius 1 is 1.33 bits per heavy atom. The Bertz CT molecular complexity index is 699. The van der Waals surface area contributed by atoms with Crippen molar-refractivity contribution in [1.29, 1.82) is 0 Å². The first-order valence-corrected chi connectivity index (χ1v) is 6.92. The summed E-state index contributed by atoms with van der Waals surface area (Å²) in [6, 6.07) is 12.5. The Labute approximate surface area is 122 Å². The predicted octanol–water partition coefficient (Wildman–Crippen LogP) is 3.48. The van der Waals surface area contributed by atoms with Gasteiger partial charge in [0.1, 0.15) is 5.82 Å². The quantitative estimate of drug-likeness (QED) is 0.938. The molecular weight excluding hydrogens is 269 g/mol. The summed E-state index contributed by atoms with van der Waals surface area (Å²) in [6.07, 6.45) is 0.949. The minimum atomic E-state index is -1.11. The topological polar surface area (TPSA) is 40.5 Å². The van der Waals surface area contributed by atoms with Crippen molar-refractivity contribution in [3.8, 4) is 0 Å². The van der Waals surface area contributed by atoms with Crippen molar-refractivity contribution in [3.05, 3.63) is 65.0 Å². The molecule has 4 heteroatoms. The normalized spacial score (nSPS) is 16.9. The molecule has 0 spiro atoms. The van der Waals surface area contributed by atoms with Crippen LogP contribution in [0, 0.1) is 5.82 Å². The van der Waals surface area contributed by atoms with Gasteiger partial charge in [0.05, 0.1) is 5.56 Å². The van der Waals surface area contributed by atoms with Crippen LogP contribution in [0.4, 0.5) is 10.1 Å². The molecule has 0 bridgehead atoms. The minimum Gasteiger partial charge on any atom is -0.478 e. The molecule has 1 aliphatic rings. The number of halogens is 1. The van der Waals surface area contributed by atoms with Gasteiger partial charge in [-0.3, -0.25) is 0 Å². The van der Waals surface area contributed by atoms with Gasteiger partial charge in [0.15, 0.2) is 0 Å². The van der Waals surface area contributed by atoms with Crippen LogP contribution in [0.15, 0.2) is 42.5 Å². The fraction of sp³-hybridized carbons (Fsp3) is 0.235. The zero-order chi connectivity index (χ0) is 15.0. The fourth-order valence-electron chi connectivity index (χ4n) is 2.86. The lowest BCUT2D eigenvalue weighted by molar-refractivity contribution is 0.0696. The molecule has 0 saturated carbocycles. The Morgan fingerprint density at radius 2 is 2.10 bits per heavy atom. The number of hydrogen-bond donors (Lipinski definition) is 1. The first-order chi connectivity index (χ1) is 10.1. The van der Waals surface area contributed by atoms with Crippen LogP contribution in [-0.2, 0) is 13.0 Å². The summed E-state index contributed by atoms with van der Waals surface area (Å²) in [4.78, 5) is 13.0. The van der Waals surface area contributed by atoms with Gasteiger partial charge in [-0.25, -0.2) is 9.18 Å². The Balaban J connectivity index is 1.89. The summed E-state index contributed by atoms with van der Waals surface area (Å²) in [5.41, 5.74) is 2.90. The van der Waals surface area contributed by atoms with Gasteiger partial charge < -0.3 is 10.0 Å². The Hall–Kier alpha value is -2.36. The lowest BCUT2D eigenvalue weighted by atomic mass is 10.1. The molecule has 1 aliphatic heterocycles. The van der Waals surface area contributed by atoms with Gasteiger partial charge in [0, 0.05) is 23.8 Å². The van der Waals surface area contributed by atoms with Crippen LogP contribution in [0.1, 0.15) is 28.4 Å². The number of carbonyl (C=O) groups is 1. The summed E-state index contributed by atoms with van der Waals surface area (Å²) < 4.78 is 14.1. The highest BCUT2D eigenvalue weighted by Gasteiger charge is 2.26. The molecule has 3 nitrogen and oxygen atoms in total. The van der Waals surface area contributed by atoms with E-state index in [2.05, 4.69) is 17.9 Å². The van der Waals surface area contributed by atoms with E-state index in [0.717, 1.165) is 18.2 Å². The summed E-state index contributed by atoms with van der Waals surface area (Å²) in [5.74, 6) is -1.58. The first kappa shape index (κ1) is 13.6. The van der Waals surface area contributed by atoms with Crippen molar-refractivity contribution < 1.29 is 14.3 Å². The number of nitrogens with zero attached hydrogens (tertiary/aromatic N) is 1. The van der Waals surface area contributed by atoms with Gasteiger partial charge >= 0.3 is 5.97 Å². The van der Waals surface area contributed by atoms with Gasteiger partial charge in [-0.1, -0.05) is 24.3 Å². The average molecular weight is 285 g/mol. The molecule has 21 heavy (non-hydrogen) atoms. The molecule has 0 aliphatic carbocycles. The zero-order valence-electron chi connectivity index (χ0n) is 11.7. The molecule has 0 amide bonds. The SMILES string of the molecule is CC1Cc2ccccc2N1Cc1ccc(C(=O)O)cc1F. The third-order valence-electron chi connectivity index (χ3n) is 3.99. The molecule has 0 radical (unpaired) electrons. The van der Waals surface area contributed by atoms with Crippen LogP contribution in [0.2, 0.25) is 0 Å². The van der Waals surface area contributed by atoms with E-state index in [1.54, 1.807) is 6.07 Å². The molecule has 1 atom stereocenters. The maximum atomic E-state index is 14.1. The largest absolute Gasteiger partial charge is 0.478 e.